The lowest BCUT2D eigenvalue weighted by Crippen LogP contribution is -2.30. The van der Waals surface area contributed by atoms with Crippen molar-refractivity contribution in [1.29, 1.82) is 0 Å². The van der Waals surface area contributed by atoms with Gasteiger partial charge in [0.05, 0.1) is 12.2 Å². The lowest BCUT2D eigenvalue weighted by atomic mass is 9.95. The van der Waals surface area contributed by atoms with Crippen LogP contribution in [0, 0.1) is 0 Å². The molecule has 2 aromatic carbocycles. The molecule has 1 unspecified atom stereocenters. The number of unbranched alkanes of at least 4 members (excludes halogenated alkanes) is 1. The number of fused-ring (bicyclic) bond motifs is 1. The van der Waals surface area contributed by atoms with Crippen LogP contribution in [0.25, 0.3) is 0 Å². The molecule has 172 valence electrons. The average Bonchev–Trinajstić information content (AvgIpc) is 3.26. The number of nitrogens with zero attached hydrogens (tertiary/aromatic N) is 3. The van der Waals surface area contributed by atoms with Gasteiger partial charge in [0.15, 0.2) is 0 Å². The number of carbonyl (C=O) groups is 1. The van der Waals surface area contributed by atoms with Crippen molar-refractivity contribution in [3.63, 3.8) is 0 Å². The van der Waals surface area contributed by atoms with E-state index in [1.807, 2.05) is 49.4 Å². The van der Waals surface area contributed by atoms with Crippen LogP contribution in [-0.2, 0) is 16.1 Å². The van der Waals surface area contributed by atoms with Crippen molar-refractivity contribution >= 4 is 39.4 Å². The van der Waals surface area contributed by atoms with E-state index in [0.29, 0.717) is 41.2 Å². The van der Waals surface area contributed by atoms with Gasteiger partial charge in [-0.05, 0) is 49.2 Å². The van der Waals surface area contributed by atoms with Gasteiger partial charge in [-0.15, -0.1) is 0 Å². The molecule has 0 aliphatic carbocycles. The molecule has 1 aromatic heterocycles. The largest absolute Gasteiger partial charge is 0.489 e. The summed E-state index contributed by atoms with van der Waals surface area (Å²) >= 11 is 9.56. The van der Waals surface area contributed by atoms with Crippen LogP contribution in [0.4, 0.5) is 5.95 Å². The summed E-state index contributed by atoms with van der Waals surface area (Å²) in [4.78, 5) is 17.5. The molecule has 4 rings (SSSR count). The highest BCUT2D eigenvalue weighted by atomic mass is 79.9. The number of hydrogen-bond acceptors (Lipinski definition) is 6. The van der Waals surface area contributed by atoms with Crippen molar-refractivity contribution in [2.45, 2.75) is 39.3 Å². The Bertz CT molecular complexity index is 1180. The molecule has 33 heavy (non-hydrogen) atoms. The minimum absolute atomic E-state index is 0.347. The first-order chi connectivity index (χ1) is 16.0. The van der Waals surface area contributed by atoms with E-state index in [1.165, 1.54) is 6.33 Å². The lowest BCUT2D eigenvalue weighted by Gasteiger charge is -2.29. The molecule has 0 radical (unpaired) electrons. The maximum atomic E-state index is 13.2. The Labute approximate surface area is 205 Å². The first-order valence-electron chi connectivity index (χ1n) is 10.7. The molecular weight excluding hydrogens is 508 g/mol. The third kappa shape index (κ3) is 5.23. The first-order valence-corrected chi connectivity index (χ1v) is 11.9. The number of hydrogen-bond donors (Lipinski definition) is 1. The summed E-state index contributed by atoms with van der Waals surface area (Å²) < 4.78 is 14.3. The van der Waals surface area contributed by atoms with Crippen molar-refractivity contribution in [3.05, 3.63) is 80.7 Å². The minimum Gasteiger partial charge on any atom is -0.489 e. The van der Waals surface area contributed by atoms with Gasteiger partial charge in [0.2, 0.25) is 5.95 Å². The van der Waals surface area contributed by atoms with E-state index in [2.05, 4.69) is 38.3 Å². The zero-order valence-electron chi connectivity index (χ0n) is 18.3. The van der Waals surface area contributed by atoms with Gasteiger partial charge in [0, 0.05) is 20.8 Å². The molecule has 3 aromatic rings. The Kier molecular flexibility index (Phi) is 7.35. The van der Waals surface area contributed by atoms with E-state index in [4.69, 9.17) is 21.1 Å². The zero-order valence-corrected chi connectivity index (χ0v) is 20.7. The predicted octanol–water partition coefficient (Wildman–Crippen LogP) is 5.91. The fourth-order valence-corrected chi connectivity index (χ4v) is 4.14. The minimum atomic E-state index is -0.560. The number of nitrogens with one attached hydrogen (secondary N) is 1. The maximum Gasteiger partial charge on any atom is 0.338 e. The second-order valence-corrected chi connectivity index (χ2v) is 9.03. The Morgan fingerprint density at radius 1 is 1.24 bits per heavy atom. The van der Waals surface area contributed by atoms with E-state index in [0.717, 1.165) is 28.4 Å². The van der Waals surface area contributed by atoms with Gasteiger partial charge < -0.3 is 14.8 Å². The Hall–Kier alpha value is -2.84. The van der Waals surface area contributed by atoms with E-state index in [1.54, 1.807) is 4.68 Å². The number of benzene rings is 2. The highest BCUT2D eigenvalue weighted by Gasteiger charge is 2.36. The van der Waals surface area contributed by atoms with Gasteiger partial charge in [-0.25, -0.2) is 9.48 Å². The summed E-state index contributed by atoms with van der Waals surface area (Å²) in [6.07, 6.45) is 3.20. The van der Waals surface area contributed by atoms with Crippen molar-refractivity contribution in [2.75, 3.05) is 11.9 Å². The number of esters is 1. The molecule has 2 heterocycles. The van der Waals surface area contributed by atoms with Crippen LogP contribution in [0.15, 0.2) is 64.5 Å². The molecule has 9 heteroatoms. The highest BCUT2D eigenvalue weighted by Crippen LogP contribution is 2.40. The maximum absolute atomic E-state index is 13.2. The van der Waals surface area contributed by atoms with E-state index in [-0.39, 0.29) is 5.97 Å². The molecule has 1 aliphatic heterocycles. The highest BCUT2D eigenvalue weighted by molar-refractivity contribution is 9.10. The van der Waals surface area contributed by atoms with Crippen molar-refractivity contribution < 1.29 is 14.3 Å². The molecule has 1 aliphatic rings. The Morgan fingerprint density at radius 3 is 2.79 bits per heavy atom. The molecule has 0 fully saturated rings. The van der Waals surface area contributed by atoms with E-state index >= 15 is 0 Å². The van der Waals surface area contributed by atoms with Crippen molar-refractivity contribution in [1.82, 2.24) is 14.8 Å². The molecule has 0 bridgehead atoms. The van der Waals surface area contributed by atoms with Gasteiger partial charge in [0.1, 0.15) is 24.7 Å². The van der Waals surface area contributed by atoms with E-state index in [9.17, 15) is 4.79 Å². The second-order valence-electron chi connectivity index (χ2n) is 7.68. The van der Waals surface area contributed by atoms with E-state index < -0.39 is 6.04 Å². The summed E-state index contributed by atoms with van der Waals surface area (Å²) in [7, 11) is 0. The summed E-state index contributed by atoms with van der Waals surface area (Å²) in [6, 6.07) is 12.6. The molecule has 0 spiro atoms. The molecule has 0 saturated carbocycles. The van der Waals surface area contributed by atoms with Crippen LogP contribution < -0.4 is 10.1 Å². The zero-order chi connectivity index (χ0) is 23.4. The summed E-state index contributed by atoms with van der Waals surface area (Å²) in [6.45, 7) is 4.60. The fourth-order valence-electron chi connectivity index (χ4n) is 3.64. The van der Waals surface area contributed by atoms with Gasteiger partial charge in [-0.2, -0.15) is 10.1 Å². The number of anilines is 1. The van der Waals surface area contributed by atoms with Gasteiger partial charge >= 0.3 is 5.97 Å². The van der Waals surface area contributed by atoms with Crippen LogP contribution in [-0.4, -0.2) is 27.3 Å². The lowest BCUT2D eigenvalue weighted by molar-refractivity contribution is -0.139. The summed E-state index contributed by atoms with van der Waals surface area (Å²) in [5, 5.41) is 8.22. The standard InChI is InChI=1S/C24H24BrClN4O3/c1-3-4-11-32-23(31)21-15(2)29-24-27-14-28-30(24)22(21)19-12-17(25)7-10-20(19)33-13-16-5-8-18(26)9-6-16/h5-10,12,14,22H,3-4,11,13H2,1-2H3,(H,27,28,29). The topological polar surface area (TPSA) is 78.3 Å². The molecule has 1 atom stereocenters. The number of halogens is 2. The average molecular weight is 532 g/mol. The predicted molar refractivity (Wildman–Crippen MR) is 130 cm³/mol. The first kappa shape index (κ1) is 23.3. The van der Waals surface area contributed by atoms with Gasteiger partial charge in [-0.3, -0.25) is 0 Å². The van der Waals surface area contributed by atoms with Gasteiger partial charge in [-0.1, -0.05) is 53.0 Å². The second kappa shape index (κ2) is 10.4. The number of ether oxygens (including phenoxy) is 2. The normalized spacial score (nSPS) is 15.1. The number of rotatable bonds is 8. The molecule has 1 N–H and O–H groups in total. The third-order valence-electron chi connectivity index (χ3n) is 5.32. The fraction of sp³-hybridized carbons (Fsp3) is 0.292. The van der Waals surface area contributed by atoms with Crippen LogP contribution in [0.2, 0.25) is 5.02 Å². The van der Waals surface area contributed by atoms with Crippen molar-refractivity contribution in [2.24, 2.45) is 0 Å². The number of carbonyl (C=O) groups excluding carboxylic acids is 1. The monoisotopic (exact) mass is 530 g/mol. The summed E-state index contributed by atoms with van der Waals surface area (Å²) in [5.41, 5.74) is 2.89. The molecule has 0 amide bonds. The SMILES string of the molecule is CCCCOC(=O)C1=C(C)Nc2ncnn2C1c1cc(Br)ccc1OCc1ccc(Cl)cc1. The number of aromatic nitrogens is 3. The molecular formula is C24H24BrClN4O3. The van der Waals surface area contributed by atoms with Crippen LogP contribution in [0.1, 0.15) is 43.9 Å². The third-order valence-corrected chi connectivity index (χ3v) is 6.06. The van der Waals surface area contributed by atoms with Crippen LogP contribution in [0.3, 0.4) is 0 Å². The Balaban J connectivity index is 1.72. The summed E-state index contributed by atoms with van der Waals surface area (Å²) in [5.74, 6) is 0.794. The smallest absolute Gasteiger partial charge is 0.338 e. The van der Waals surface area contributed by atoms with Crippen LogP contribution >= 0.6 is 27.5 Å². The number of allylic oxidation sites excluding steroid dienone is 1. The van der Waals surface area contributed by atoms with Gasteiger partial charge in [0.25, 0.3) is 0 Å². The van der Waals surface area contributed by atoms with Crippen molar-refractivity contribution in [3.8, 4) is 5.75 Å². The quantitative estimate of drug-likeness (QED) is 0.288. The molecule has 7 nitrogen and oxygen atoms in total. The Morgan fingerprint density at radius 2 is 2.03 bits per heavy atom. The van der Waals surface area contributed by atoms with Crippen LogP contribution in [0.5, 0.6) is 5.75 Å². The molecule has 0 saturated heterocycles.